The van der Waals surface area contributed by atoms with Crippen LogP contribution in [0.25, 0.3) is 6.08 Å². The molecule has 0 aromatic carbocycles. The predicted molar refractivity (Wildman–Crippen MR) is 69.4 cm³/mol. The van der Waals surface area contributed by atoms with E-state index in [1.165, 1.54) is 5.57 Å². The second-order valence-corrected chi connectivity index (χ2v) is 4.31. The van der Waals surface area contributed by atoms with E-state index in [2.05, 4.69) is 34.2 Å². The van der Waals surface area contributed by atoms with Crippen LogP contribution in [0.4, 0.5) is 0 Å². The summed E-state index contributed by atoms with van der Waals surface area (Å²) >= 11 is 3.44. The Morgan fingerprint density at radius 3 is 3.00 bits per heavy atom. The van der Waals surface area contributed by atoms with Crippen molar-refractivity contribution in [3.05, 3.63) is 28.1 Å². The second-order valence-electron chi connectivity index (χ2n) is 3.46. The highest BCUT2D eigenvalue weighted by molar-refractivity contribution is 9.10. The van der Waals surface area contributed by atoms with E-state index >= 15 is 0 Å². The number of hydrogen-bond donors (Lipinski definition) is 1. The Labute approximate surface area is 105 Å². The summed E-state index contributed by atoms with van der Waals surface area (Å²) in [5.41, 5.74) is 1.31. The summed E-state index contributed by atoms with van der Waals surface area (Å²) in [4.78, 5) is 0. The van der Waals surface area contributed by atoms with Crippen molar-refractivity contribution in [1.29, 1.82) is 0 Å². The molecule has 3 nitrogen and oxygen atoms in total. The number of methoxy groups -OCH3 is 1. The fraction of sp³-hybridized carbons (Fsp3) is 0.500. The van der Waals surface area contributed by atoms with Crippen LogP contribution in [-0.4, -0.2) is 26.8 Å². The summed E-state index contributed by atoms with van der Waals surface area (Å²) in [6.07, 6.45) is 4.76. The molecular formula is C12H18BrNO2. The third-order valence-corrected chi connectivity index (χ3v) is 2.92. The van der Waals surface area contributed by atoms with Crippen LogP contribution in [0, 0.1) is 0 Å². The molecule has 0 spiro atoms. The molecule has 1 rings (SSSR count). The minimum Gasteiger partial charge on any atom is -0.464 e. The fourth-order valence-corrected chi connectivity index (χ4v) is 1.61. The Hall–Kier alpha value is -0.580. The topological polar surface area (TPSA) is 34.4 Å². The Morgan fingerprint density at radius 1 is 1.62 bits per heavy atom. The number of furan rings is 1. The highest BCUT2D eigenvalue weighted by Crippen LogP contribution is 2.20. The average Bonchev–Trinajstić information content (AvgIpc) is 2.68. The molecular weight excluding hydrogens is 270 g/mol. The summed E-state index contributed by atoms with van der Waals surface area (Å²) in [6.45, 7) is 4.61. The molecule has 0 bridgehead atoms. The Bertz CT molecular complexity index is 334. The molecule has 1 aromatic rings. The normalized spacial score (nSPS) is 12.1. The van der Waals surface area contributed by atoms with Gasteiger partial charge in [-0.1, -0.05) is 12.5 Å². The molecule has 90 valence electrons. The number of hydrogen-bond acceptors (Lipinski definition) is 3. The highest BCUT2D eigenvalue weighted by atomic mass is 79.9. The van der Waals surface area contributed by atoms with Gasteiger partial charge in [-0.2, -0.15) is 0 Å². The maximum absolute atomic E-state index is 5.35. The van der Waals surface area contributed by atoms with E-state index < -0.39 is 0 Å². The Kier molecular flexibility index (Phi) is 6.45. The molecule has 0 aliphatic carbocycles. The first kappa shape index (κ1) is 13.5. The van der Waals surface area contributed by atoms with Gasteiger partial charge in [-0.15, -0.1) is 0 Å². The van der Waals surface area contributed by atoms with Crippen LogP contribution in [0.5, 0.6) is 0 Å². The van der Waals surface area contributed by atoms with Crippen LogP contribution in [0.2, 0.25) is 0 Å². The van der Waals surface area contributed by atoms with Gasteiger partial charge in [0.2, 0.25) is 0 Å². The monoisotopic (exact) mass is 287 g/mol. The predicted octanol–water partition coefficient (Wildman–Crippen LogP) is 3.07. The lowest BCUT2D eigenvalue weighted by Crippen LogP contribution is -2.21. The first-order valence-corrected chi connectivity index (χ1v) is 6.19. The lowest BCUT2D eigenvalue weighted by atomic mass is 10.1. The number of nitrogens with one attached hydrogen (secondary N) is 1. The van der Waals surface area contributed by atoms with Crippen LogP contribution in [0.1, 0.15) is 19.1 Å². The lowest BCUT2D eigenvalue weighted by Gasteiger charge is -2.06. The summed E-state index contributed by atoms with van der Waals surface area (Å²) in [6, 6.07) is 1.90. The molecule has 0 aliphatic rings. The summed E-state index contributed by atoms with van der Waals surface area (Å²) in [7, 11) is 1.71. The van der Waals surface area contributed by atoms with Gasteiger partial charge in [0.15, 0.2) is 0 Å². The smallest absolute Gasteiger partial charge is 0.140 e. The number of ether oxygens (including phenoxy) is 1. The third kappa shape index (κ3) is 4.51. The first-order chi connectivity index (χ1) is 7.77. The zero-order valence-corrected chi connectivity index (χ0v) is 11.3. The Morgan fingerprint density at radius 2 is 2.44 bits per heavy atom. The molecule has 0 aliphatic heterocycles. The van der Waals surface area contributed by atoms with Gasteiger partial charge in [-0.25, -0.2) is 0 Å². The van der Waals surface area contributed by atoms with Crippen molar-refractivity contribution in [3.63, 3.8) is 0 Å². The standard InChI is InChI=1S/C12H18BrNO2/c1-3-10(9-14-5-7-15-2)8-12-11(13)4-6-16-12/h4,6,8,14H,3,5,7,9H2,1-2H3/b10-8-. The highest BCUT2D eigenvalue weighted by Gasteiger charge is 2.01. The van der Waals surface area contributed by atoms with E-state index in [0.717, 1.165) is 36.4 Å². The average molecular weight is 288 g/mol. The van der Waals surface area contributed by atoms with E-state index in [9.17, 15) is 0 Å². The molecule has 0 radical (unpaired) electrons. The van der Waals surface area contributed by atoms with Crippen molar-refractivity contribution in [2.24, 2.45) is 0 Å². The molecule has 0 fully saturated rings. The van der Waals surface area contributed by atoms with E-state index in [4.69, 9.17) is 9.15 Å². The van der Waals surface area contributed by atoms with Crippen LogP contribution < -0.4 is 5.32 Å². The second kappa shape index (κ2) is 7.65. The first-order valence-electron chi connectivity index (χ1n) is 5.40. The van der Waals surface area contributed by atoms with Crippen LogP contribution in [0.15, 0.2) is 26.8 Å². The molecule has 0 saturated heterocycles. The van der Waals surface area contributed by atoms with Gasteiger partial charge in [0.05, 0.1) is 17.3 Å². The van der Waals surface area contributed by atoms with Gasteiger partial charge in [0.1, 0.15) is 5.76 Å². The molecule has 1 aromatic heterocycles. The van der Waals surface area contributed by atoms with Crippen molar-refractivity contribution in [2.75, 3.05) is 26.8 Å². The van der Waals surface area contributed by atoms with E-state index in [1.807, 2.05) is 6.07 Å². The quantitative estimate of drug-likeness (QED) is 0.783. The van der Waals surface area contributed by atoms with Crippen LogP contribution in [-0.2, 0) is 4.74 Å². The van der Waals surface area contributed by atoms with Crippen LogP contribution >= 0.6 is 15.9 Å². The van der Waals surface area contributed by atoms with Crippen molar-refractivity contribution < 1.29 is 9.15 Å². The maximum Gasteiger partial charge on any atom is 0.140 e. The van der Waals surface area contributed by atoms with E-state index in [1.54, 1.807) is 13.4 Å². The van der Waals surface area contributed by atoms with Crippen molar-refractivity contribution in [3.8, 4) is 0 Å². The molecule has 0 amide bonds. The molecule has 0 unspecified atom stereocenters. The molecule has 1 heterocycles. The van der Waals surface area contributed by atoms with Crippen LogP contribution in [0.3, 0.4) is 0 Å². The summed E-state index contributed by atoms with van der Waals surface area (Å²) in [5.74, 6) is 0.880. The minimum atomic E-state index is 0.738. The molecule has 4 heteroatoms. The molecule has 16 heavy (non-hydrogen) atoms. The largest absolute Gasteiger partial charge is 0.464 e. The van der Waals surface area contributed by atoms with Crippen molar-refractivity contribution in [2.45, 2.75) is 13.3 Å². The van der Waals surface area contributed by atoms with E-state index in [0.29, 0.717) is 0 Å². The number of rotatable bonds is 7. The lowest BCUT2D eigenvalue weighted by molar-refractivity contribution is 0.200. The van der Waals surface area contributed by atoms with Gasteiger partial charge in [-0.05, 0) is 34.5 Å². The van der Waals surface area contributed by atoms with Gasteiger partial charge >= 0.3 is 0 Å². The third-order valence-electron chi connectivity index (χ3n) is 2.27. The maximum atomic E-state index is 5.35. The zero-order chi connectivity index (χ0) is 11.8. The van der Waals surface area contributed by atoms with Gasteiger partial charge in [-0.3, -0.25) is 0 Å². The molecule has 0 atom stereocenters. The number of halogens is 1. The minimum absolute atomic E-state index is 0.738. The molecule has 1 N–H and O–H groups in total. The zero-order valence-electron chi connectivity index (χ0n) is 9.75. The van der Waals surface area contributed by atoms with Gasteiger partial charge in [0, 0.05) is 20.2 Å². The van der Waals surface area contributed by atoms with Crippen molar-refractivity contribution in [1.82, 2.24) is 5.32 Å². The van der Waals surface area contributed by atoms with Gasteiger partial charge < -0.3 is 14.5 Å². The summed E-state index contributed by atoms with van der Waals surface area (Å²) < 4.78 is 11.3. The fourth-order valence-electron chi connectivity index (χ4n) is 1.30. The summed E-state index contributed by atoms with van der Waals surface area (Å²) in [5, 5.41) is 3.32. The molecule has 0 saturated carbocycles. The van der Waals surface area contributed by atoms with Gasteiger partial charge in [0.25, 0.3) is 0 Å². The Balaban J connectivity index is 2.47. The SMILES string of the molecule is CC/C(=C/c1occc1Br)CNCCOC. The van der Waals surface area contributed by atoms with E-state index in [-0.39, 0.29) is 0 Å². The van der Waals surface area contributed by atoms with Crippen molar-refractivity contribution >= 4 is 22.0 Å².